The van der Waals surface area contributed by atoms with Crippen LogP contribution in [0, 0.1) is 11.8 Å². The molecule has 21 heavy (non-hydrogen) atoms. The highest BCUT2D eigenvalue weighted by molar-refractivity contribution is 4.79. The van der Waals surface area contributed by atoms with Crippen LogP contribution >= 0.6 is 0 Å². The van der Waals surface area contributed by atoms with Crippen molar-refractivity contribution < 1.29 is 9.84 Å². The number of aliphatic hydroxyl groups excluding tert-OH is 1. The molecule has 0 spiro atoms. The van der Waals surface area contributed by atoms with Crippen LogP contribution in [0.15, 0.2) is 0 Å². The van der Waals surface area contributed by atoms with Gasteiger partial charge in [-0.2, -0.15) is 0 Å². The van der Waals surface area contributed by atoms with E-state index >= 15 is 0 Å². The van der Waals surface area contributed by atoms with E-state index in [4.69, 9.17) is 4.74 Å². The molecule has 0 radical (unpaired) electrons. The summed E-state index contributed by atoms with van der Waals surface area (Å²) < 4.78 is 5.95. The summed E-state index contributed by atoms with van der Waals surface area (Å²) in [6, 6.07) is 0. The number of aliphatic hydroxyl groups is 1. The molecule has 2 heteroatoms. The van der Waals surface area contributed by atoms with Crippen molar-refractivity contribution in [1.29, 1.82) is 0 Å². The fourth-order valence-electron chi connectivity index (χ4n) is 2.67. The van der Waals surface area contributed by atoms with E-state index in [-0.39, 0.29) is 12.7 Å². The summed E-state index contributed by atoms with van der Waals surface area (Å²) in [6.07, 6.45) is 5.58. The minimum atomic E-state index is -0.392. The van der Waals surface area contributed by atoms with E-state index in [2.05, 4.69) is 13.8 Å². The molecule has 1 saturated carbocycles. The van der Waals surface area contributed by atoms with Crippen molar-refractivity contribution >= 4 is 0 Å². The van der Waals surface area contributed by atoms with Crippen LogP contribution in [0.5, 0.6) is 0 Å². The topological polar surface area (TPSA) is 29.5 Å². The first kappa shape index (κ1) is 25.9. The van der Waals surface area contributed by atoms with Crippen LogP contribution in [0.2, 0.25) is 0 Å². The van der Waals surface area contributed by atoms with Gasteiger partial charge >= 0.3 is 0 Å². The van der Waals surface area contributed by atoms with E-state index in [1.54, 1.807) is 0 Å². The Bertz CT molecular complexity index is 190. The SMILES string of the molecule is CC.CC.CC.CC1CCCCC1C(C)OC(C)(C)CO. The molecule has 1 N–H and O–H groups in total. The number of hydrogen-bond donors (Lipinski definition) is 1. The summed E-state index contributed by atoms with van der Waals surface area (Å²) in [5.74, 6) is 1.44. The van der Waals surface area contributed by atoms with Crippen molar-refractivity contribution in [3.63, 3.8) is 0 Å². The van der Waals surface area contributed by atoms with Gasteiger partial charge in [0, 0.05) is 0 Å². The lowest BCUT2D eigenvalue weighted by Crippen LogP contribution is -2.38. The average molecular weight is 305 g/mol. The Morgan fingerprint density at radius 2 is 1.43 bits per heavy atom. The van der Waals surface area contributed by atoms with Crippen molar-refractivity contribution in [1.82, 2.24) is 0 Å². The van der Waals surface area contributed by atoms with Crippen LogP contribution in [0.25, 0.3) is 0 Å². The molecule has 0 aromatic heterocycles. The largest absolute Gasteiger partial charge is 0.393 e. The Morgan fingerprint density at radius 1 is 1.00 bits per heavy atom. The maximum absolute atomic E-state index is 9.18. The van der Waals surface area contributed by atoms with Gasteiger partial charge in [-0.05, 0) is 39.0 Å². The summed E-state index contributed by atoms with van der Waals surface area (Å²) in [5, 5.41) is 9.18. The summed E-state index contributed by atoms with van der Waals surface area (Å²) in [6.45, 7) is 20.5. The van der Waals surface area contributed by atoms with Gasteiger partial charge in [-0.15, -0.1) is 0 Å². The number of rotatable bonds is 4. The molecule has 0 aliphatic heterocycles. The highest BCUT2D eigenvalue weighted by Gasteiger charge is 2.30. The van der Waals surface area contributed by atoms with Crippen LogP contribution < -0.4 is 0 Å². The smallest absolute Gasteiger partial charge is 0.0859 e. The number of hydrogen-bond acceptors (Lipinski definition) is 2. The van der Waals surface area contributed by atoms with Gasteiger partial charge in [0.2, 0.25) is 0 Å². The first-order chi connectivity index (χ1) is 9.96. The lowest BCUT2D eigenvalue weighted by molar-refractivity contribution is -0.121. The maximum Gasteiger partial charge on any atom is 0.0859 e. The van der Waals surface area contributed by atoms with Gasteiger partial charge in [0.25, 0.3) is 0 Å². The molecule has 0 heterocycles. The van der Waals surface area contributed by atoms with Gasteiger partial charge < -0.3 is 9.84 Å². The first-order valence-electron chi connectivity index (χ1n) is 9.25. The van der Waals surface area contributed by atoms with Crippen molar-refractivity contribution in [2.45, 2.75) is 107 Å². The zero-order valence-corrected chi connectivity index (χ0v) is 16.6. The zero-order chi connectivity index (χ0) is 17.5. The van der Waals surface area contributed by atoms with Gasteiger partial charge in [0.1, 0.15) is 0 Å². The molecule has 0 aromatic rings. The maximum atomic E-state index is 9.18. The van der Waals surface area contributed by atoms with Crippen LogP contribution in [0.3, 0.4) is 0 Å². The van der Waals surface area contributed by atoms with E-state index < -0.39 is 5.60 Å². The number of ether oxygens (including phenoxy) is 1. The summed E-state index contributed by atoms with van der Waals surface area (Å²) in [4.78, 5) is 0. The third-order valence-electron chi connectivity index (χ3n) is 3.67. The molecule has 0 aromatic carbocycles. The third kappa shape index (κ3) is 12.2. The van der Waals surface area contributed by atoms with Crippen molar-refractivity contribution in [2.75, 3.05) is 6.61 Å². The van der Waals surface area contributed by atoms with E-state index in [1.165, 1.54) is 25.7 Å². The molecular formula is C19H44O2. The second-order valence-electron chi connectivity index (χ2n) is 5.67. The van der Waals surface area contributed by atoms with Crippen LogP contribution in [0.1, 0.15) is 94.9 Å². The minimum absolute atomic E-state index is 0.0957. The molecule has 0 saturated heterocycles. The first-order valence-corrected chi connectivity index (χ1v) is 9.25. The molecule has 2 nitrogen and oxygen atoms in total. The van der Waals surface area contributed by atoms with E-state index in [0.29, 0.717) is 5.92 Å². The molecule has 1 aliphatic rings. The predicted octanol–water partition coefficient (Wildman–Crippen LogP) is 6.07. The fourth-order valence-corrected chi connectivity index (χ4v) is 2.67. The molecule has 1 aliphatic carbocycles. The second-order valence-corrected chi connectivity index (χ2v) is 5.67. The highest BCUT2D eigenvalue weighted by Crippen LogP contribution is 2.34. The molecule has 1 rings (SSSR count). The summed E-state index contributed by atoms with van der Waals surface area (Å²) in [5.41, 5.74) is -0.392. The second kappa shape index (κ2) is 16.3. The lowest BCUT2D eigenvalue weighted by Gasteiger charge is -2.37. The van der Waals surface area contributed by atoms with Crippen LogP contribution in [-0.2, 0) is 4.74 Å². The fraction of sp³-hybridized carbons (Fsp3) is 1.00. The van der Waals surface area contributed by atoms with Gasteiger partial charge in [0.15, 0.2) is 0 Å². The molecule has 0 amide bonds. The molecule has 0 bridgehead atoms. The van der Waals surface area contributed by atoms with E-state index in [0.717, 1.165) is 5.92 Å². The van der Waals surface area contributed by atoms with E-state index in [9.17, 15) is 5.11 Å². The van der Waals surface area contributed by atoms with Gasteiger partial charge in [-0.3, -0.25) is 0 Å². The predicted molar refractivity (Wildman–Crippen MR) is 96.9 cm³/mol. The Labute approximate surface area is 135 Å². The van der Waals surface area contributed by atoms with Crippen molar-refractivity contribution in [3.05, 3.63) is 0 Å². The van der Waals surface area contributed by atoms with Crippen molar-refractivity contribution in [3.8, 4) is 0 Å². The van der Waals surface area contributed by atoms with Crippen LogP contribution in [-0.4, -0.2) is 23.4 Å². The molecule has 3 unspecified atom stereocenters. The van der Waals surface area contributed by atoms with Crippen molar-refractivity contribution in [2.24, 2.45) is 11.8 Å². The Hall–Kier alpha value is -0.0800. The Kier molecular flexibility index (Phi) is 20.1. The molecular weight excluding hydrogens is 260 g/mol. The highest BCUT2D eigenvalue weighted by atomic mass is 16.5. The standard InChI is InChI=1S/C13H26O2.3C2H6/c1-10-7-5-6-8-12(10)11(2)15-13(3,4)9-14;3*1-2/h10-12,14H,5-9H2,1-4H3;3*1-2H3. The summed E-state index contributed by atoms with van der Waals surface area (Å²) in [7, 11) is 0. The monoisotopic (exact) mass is 304 g/mol. The quantitative estimate of drug-likeness (QED) is 0.683. The molecule has 3 atom stereocenters. The minimum Gasteiger partial charge on any atom is -0.393 e. The van der Waals surface area contributed by atoms with Gasteiger partial charge in [-0.1, -0.05) is 67.7 Å². The lowest BCUT2D eigenvalue weighted by atomic mass is 9.77. The van der Waals surface area contributed by atoms with Gasteiger partial charge in [0.05, 0.1) is 18.3 Å². The summed E-state index contributed by atoms with van der Waals surface area (Å²) >= 11 is 0. The molecule has 1 fully saturated rings. The normalized spacial score (nSPS) is 22.4. The van der Waals surface area contributed by atoms with Crippen LogP contribution in [0.4, 0.5) is 0 Å². The average Bonchev–Trinajstić information content (AvgIpc) is 2.53. The van der Waals surface area contributed by atoms with Gasteiger partial charge in [-0.25, -0.2) is 0 Å². The third-order valence-corrected chi connectivity index (χ3v) is 3.67. The zero-order valence-electron chi connectivity index (χ0n) is 16.6. The molecule has 132 valence electrons. The Morgan fingerprint density at radius 3 is 1.81 bits per heavy atom. The Balaban J connectivity index is -0.000000478. The van der Waals surface area contributed by atoms with E-state index in [1.807, 2.05) is 55.4 Å².